The molecule has 8 heteroatoms. The molecule has 3 heterocycles. The summed E-state index contributed by atoms with van der Waals surface area (Å²) in [6.07, 6.45) is 3.00. The van der Waals surface area contributed by atoms with Gasteiger partial charge in [0, 0.05) is 18.0 Å². The van der Waals surface area contributed by atoms with Gasteiger partial charge in [0.05, 0.1) is 18.6 Å². The van der Waals surface area contributed by atoms with Gasteiger partial charge in [-0.05, 0) is 30.7 Å². The second-order valence-electron chi connectivity index (χ2n) is 6.58. The molecule has 1 atom stereocenters. The molecule has 1 aliphatic carbocycles. The third-order valence-corrected chi connectivity index (χ3v) is 5.97. The summed E-state index contributed by atoms with van der Waals surface area (Å²) in [6.45, 7) is 4.40. The van der Waals surface area contributed by atoms with Crippen LogP contribution in [0.1, 0.15) is 23.8 Å². The van der Waals surface area contributed by atoms with Gasteiger partial charge in [-0.2, -0.15) is 0 Å². The number of amides is 1. The highest BCUT2D eigenvalue weighted by Gasteiger charge is 2.25. The minimum atomic E-state index is -0.186. The quantitative estimate of drug-likeness (QED) is 0.804. The predicted molar refractivity (Wildman–Crippen MR) is 90.3 cm³/mol. The van der Waals surface area contributed by atoms with E-state index in [9.17, 15) is 9.59 Å². The number of hydrogen-bond acceptors (Lipinski definition) is 6. The van der Waals surface area contributed by atoms with Gasteiger partial charge in [0.25, 0.3) is 5.56 Å². The highest BCUT2D eigenvalue weighted by molar-refractivity contribution is 7.18. The number of carbonyl (C=O) groups is 1. The molecule has 128 valence electrons. The number of aromatic nitrogens is 3. The number of fused-ring (bicyclic) bond motifs is 3. The molecular weight excluding hydrogens is 328 g/mol. The van der Waals surface area contributed by atoms with Crippen molar-refractivity contribution in [1.82, 2.24) is 19.9 Å². The maximum atomic E-state index is 12.8. The Kier molecular flexibility index (Phi) is 4.09. The molecule has 1 amide bonds. The molecule has 2 aromatic heterocycles. The van der Waals surface area contributed by atoms with Crippen LogP contribution < -0.4 is 5.56 Å². The minimum absolute atomic E-state index is 0.0528. The fraction of sp³-hybridized carbons (Fsp3) is 0.625. The third kappa shape index (κ3) is 2.73. The molecule has 0 saturated carbocycles. The Morgan fingerprint density at radius 2 is 2.17 bits per heavy atom. The van der Waals surface area contributed by atoms with Crippen molar-refractivity contribution in [1.29, 1.82) is 0 Å². The molecule has 0 spiro atoms. The van der Waals surface area contributed by atoms with Crippen molar-refractivity contribution in [2.45, 2.75) is 32.7 Å². The lowest BCUT2D eigenvalue weighted by Crippen LogP contribution is -2.43. The first-order chi connectivity index (χ1) is 11.6. The Labute approximate surface area is 143 Å². The van der Waals surface area contributed by atoms with Gasteiger partial charge in [-0.25, -0.2) is 4.68 Å². The highest BCUT2D eigenvalue weighted by Crippen LogP contribution is 2.35. The van der Waals surface area contributed by atoms with Gasteiger partial charge in [-0.3, -0.25) is 9.59 Å². The molecule has 0 radical (unpaired) electrons. The average molecular weight is 348 g/mol. The van der Waals surface area contributed by atoms with Crippen molar-refractivity contribution in [2.75, 3.05) is 26.3 Å². The van der Waals surface area contributed by atoms with Crippen molar-refractivity contribution in [3.63, 3.8) is 0 Å². The van der Waals surface area contributed by atoms with Gasteiger partial charge in [0.2, 0.25) is 5.91 Å². The lowest BCUT2D eigenvalue weighted by Gasteiger charge is -2.26. The molecule has 24 heavy (non-hydrogen) atoms. The molecule has 4 rings (SSSR count). The zero-order valence-electron chi connectivity index (χ0n) is 13.7. The number of nitrogens with zero attached hydrogens (tertiary/aromatic N) is 4. The second-order valence-corrected chi connectivity index (χ2v) is 7.66. The Balaban J connectivity index is 1.66. The van der Waals surface area contributed by atoms with Crippen LogP contribution in [-0.4, -0.2) is 52.1 Å². The zero-order valence-corrected chi connectivity index (χ0v) is 14.5. The number of aryl methyl sites for hydroxylation is 1. The van der Waals surface area contributed by atoms with E-state index in [1.165, 1.54) is 9.56 Å². The number of thiophene rings is 1. The van der Waals surface area contributed by atoms with Crippen LogP contribution in [0, 0.1) is 5.92 Å². The van der Waals surface area contributed by atoms with Crippen LogP contribution in [0.25, 0.3) is 10.2 Å². The van der Waals surface area contributed by atoms with E-state index >= 15 is 0 Å². The molecular formula is C16H20N4O3S. The number of morpholine rings is 1. The van der Waals surface area contributed by atoms with Gasteiger partial charge in [0.15, 0.2) is 4.83 Å². The smallest absolute Gasteiger partial charge is 0.279 e. The lowest BCUT2D eigenvalue weighted by atomic mass is 9.89. The van der Waals surface area contributed by atoms with Crippen LogP contribution in [0.4, 0.5) is 0 Å². The average Bonchev–Trinajstić information content (AvgIpc) is 2.96. The number of carbonyl (C=O) groups excluding carboxylic acids is 1. The Bertz CT molecular complexity index is 838. The van der Waals surface area contributed by atoms with Crippen LogP contribution in [0.3, 0.4) is 0 Å². The predicted octanol–water partition coefficient (Wildman–Crippen LogP) is 0.837. The fourth-order valence-corrected chi connectivity index (χ4v) is 4.75. The molecule has 1 aliphatic heterocycles. The van der Waals surface area contributed by atoms with Crippen LogP contribution in [-0.2, 0) is 28.9 Å². The van der Waals surface area contributed by atoms with Gasteiger partial charge < -0.3 is 9.64 Å². The molecule has 2 aromatic rings. The van der Waals surface area contributed by atoms with Gasteiger partial charge in [0.1, 0.15) is 6.54 Å². The van der Waals surface area contributed by atoms with Crippen molar-refractivity contribution >= 4 is 27.5 Å². The maximum Gasteiger partial charge on any atom is 0.279 e. The first kappa shape index (κ1) is 15.7. The van der Waals surface area contributed by atoms with E-state index in [2.05, 4.69) is 17.2 Å². The molecule has 0 bridgehead atoms. The van der Waals surface area contributed by atoms with E-state index in [-0.39, 0.29) is 18.0 Å². The summed E-state index contributed by atoms with van der Waals surface area (Å²) in [5.74, 6) is 0.537. The van der Waals surface area contributed by atoms with E-state index in [1.54, 1.807) is 16.2 Å². The summed E-state index contributed by atoms with van der Waals surface area (Å²) in [6, 6.07) is 0. The van der Waals surface area contributed by atoms with Gasteiger partial charge >= 0.3 is 0 Å². The third-order valence-electron chi connectivity index (χ3n) is 4.83. The first-order valence-electron chi connectivity index (χ1n) is 8.37. The van der Waals surface area contributed by atoms with Crippen molar-refractivity contribution in [3.05, 3.63) is 20.8 Å². The van der Waals surface area contributed by atoms with Crippen LogP contribution in [0.15, 0.2) is 4.79 Å². The van der Waals surface area contributed by atoms with E-state index in [1.807, 2.05) is 0 Å². The number of ether oxygens (including phenoxy) is 1. The summed E-state index contributed by atoms with van der Waals surface area (Å²) in [4.78, 5) is 28.9. The first-order valence-corrected chi connectivity index (χ1v) is 9.18. The summed E-state index contributed by atoms with van der Waals surface area (Å²) in [7, 11) is 0. The van der Waals surface area contributed by atoms with Gasteiger partial charge in [-0.1, -0.05) is 12.1 Å². The van der Waals surface area contributed by atoms with Crippen molar-refractivity contribution in [3.8, 4) is 0 Å². The van der Waals surface area contributed by atoms with Crippen LogP contribution >= 0.6 is 11.3 Å². The molecule has 0 aromatic carbocycles. The Hall–Kier alpha value is -1.80. The van der Waals surface area contributed by atoms with E-state index < -0.39 is 0 Å². The number of hydrogen-bond donors (Lipinski definition) is 0. The monoisotopic (exact) mass is 348 g/mol. The van der Waals surface area contributed by atoms with E-state index in [0.717, 1.165) is 24.8 Å². The largest absolute Gasteiger partial charge is 0.378 e. The van der Waals surface area contributed by atoms with Crippen molar-refractivity contribution in [2.24, 2.45) is 5.92 Å². The summed E-state index contributed by atoms with van der Waals surface area (Å²) in [5, 5.41) is 8.87. The SMILES string of the molecule is CC1CCc2c(sc3nnn(CC(=O)N4CCOCC4)c(=O)c23)C1. The molecule has 2 aliphatic rings. The molecule has 1 saturated heterocycles. The van der Waals surface area contributed by atoms with Crippen LogP contribution in [0.5, 0.6) is 0 Å². The summed E-state index contributed by atoms with van der Waals surface area (Å²) >= 11 is 1.57. The standard InChI is InChI=1S/C16H20N4O3S/c1-10-2-3-11-12(8-10)24-15-14(11)16(22)20(18-17-15)9-13(21)19-4-6-23-7-5-19/h10H,2-9H2,1H3. The second kappa shape index (κ2) is 6.25. The normalized spacial score (nSPS) is 21.0. The maximum absolute atomic E-state index is 12.8. The van der Waals surface area contributed by atoms with Crippen LogP contribution in [0.2, 0.25) is 0 Å². The Morgan fingerprint density at radius 1 is 1.38 bits per heavy atom. The Morgan fingerprint density at radius 3 is 2.96 bits per heavy atom. The minimum Gasteiger partial charge on any atom is -0.378 e. The zero-order chi connectivity index (χ0) is 16.7. The summed E-state index contributed by atoms with van der Waals surface area (Å²) in [5.41, 5.74) is 0.939. The van der Waals surface area contributed by atoms with E-state index in [0.29, 0.717) is 42.4 Å². The van der Waals surface area contributed by atoms with Crippen molar-refractivity contribution < 1.29 is 9.53 Å². The highest BCUT2D eigenvalue weighted by atomic mass is 32.1. The fourth-order valence-electron chi connectivity index (χ4n) is 3.44. The van der Waals surface area contributed by atoms with Gasteiger partial charge in [-0.15, -0.1) is 16.4 Å². The molecule has 0 N–H and O–H groups in total. The van der Waals surface area contributed by atoms with E-state index in [4.69, 9.17) is 4.74 Å². The number of rotatable bonds is 2. The molecule has 7 nitrogen and oxygen atoms in total. The molecule has 1 fully saturated rings. The summed E-state index contributed by atoms with van der Waals surface area (Å²) < 4.78 is 6.47. The molecule has 1 unspecified atom stereocenters. The lowest BCUT2D eigenvalue weighted by molar-refractivity contribution is -0.136. The topological polar surface area (TPSA) is 77.3 Å².